The fourth-order valence-corrected chi connectivity index (χ4v) is 4.68. The van der Waals surface area contributed by atoms with Crippen molar-refractivity contribution in [2.24, 2.45) is 5.73 Å². The number of rotatable bonds is 22. The number of benzene rings is 2. The van der Waals surface area contributed by atoms with Gasteiger partial charge in [0.1, 0.15) is 6.10 Å². The summed E-state index contributed by atoms with van der Waals surface area (Å²) in [7, 11) is 0. The lowest BCUT2D eigenvalue weighted by Crippen LogP contribution is -2.48. The van der Waals surface area contributed by atoms with Gasteiger partial charge >= 0.3 is 0 Å². The zero-order valence-electron chi connectivity index (χ0n) is 22.7. The smallest absolute Gasteiger partial charge is 0.101 e. The normalized spacial score (nSPS) is 14.0. The number of unbranched alkanes of at least 4 members (excludes halogenated alkanes) is 11. The lowest BCUT2D eigenvalue weighted by molar-refractivity contribution is -0.104. The molecule has 0 amide bonds. The first-order chi connectivity index (χ1) is 17.7. The minimum Gasteiger partial charge on any atom is -0.395 e. The molecule has 3 N–H and O–H groups in total. The Bertz CT molecular complexity index is 740. The quantitative estimate of drug-likeness (QED) is 0.165. The summed E-state index contributed by atoms with van der Waals surface area (Å²) in [6, 6.07) is 19.9. The molecule has 0 heterocycles. The molecule has 0 saturated heterocycles. The van der Waals surface area contributed by atoms with Gasteiger partial charge in [0.15, 0.2) is 0 Å². The van der Waals surface area contributed by atoms with E-state index in [4.69, 9.17) is 15.2 Å². The molecule has 2 aromatic carbocycles. The van der Waals surface area contributed by atoms with E-state index in [1.807, 2.05) is 48.5 Å². The highest BCUT2D eigenvalue weighted by molar-refractivity contribution is 5.14. The zero-order chi connectivity index (χ0) is 25.7. The van der Waals surface area contributed by atoms with Crippen LogP contribution in [0.4, 0.5) is 0 Å². The van der Waals surface area contributed by atoms with Gasteiger partial charge in [0, 0.05) is 0 Å². The van der Waals surface area contributed by atoms with Crippen molar-refractivity contribution in [1.82, 2.24) is 0 Å². The molecule has 4 heteroatoms. The van der Waals surface area contributed by atoms with Crippen molar-refractivity contribution in [3.8, 4) is 0 Å². The highest BCUT2D eigenvalue weighted by atomic mass is 16.5. The Hall–Kier alpha value is -1.72. The highest BCUT2D eigenvalue weighted by Crippen LogP contribution is 2.20. The van der Waals surface area contributed by atoms with Crippen LogP contribution < -0.4 is 5.73 Å². The molecule has 0 aliphatic carbocycles. The second-order valence-electron chi connectivity index (χ2n) is 10.1. The molecule has 4 nitrogen and oxygen atoms in total. The second kappa shape index (κ2) is 20.4. The predicted octanol–water partition coefficient (Wildman–Crippen LogP) is 7.57. The summed E-state index contributed by atoms with van der Waals surface area (Å²) < 4.78 is 12.7. The summed E-state index contributed by atoms with van der Waals surface area (Å²) in [6.45, 7) is 3.13. The van der Waals surface area contributed by atoms with Gasteiger partial charge in [-0.1, -0.05) is 145 Å². The lowest BCUT2D eigenvalue weighted by Gasteiger charge is -2.31. The molecule has 0 spiro atoms. The topological polar surface area (TPSA) is 64.7 Å². The van der Waals surface area contributed by atoms with E-state index in [-0.39, 0.29) is 18.8 Å². The van der Waals surface area contributed by atoms with Crippen LogP contribution in [0.2, 0.25) is 0 Å². The van der Waals surface area contributed by atoms with E-state index in [2.05, 4.69) is 19.1 Å². The first-order valence-electron chi connectivity index (χ1n) is 14.4. The van der Waals surface area contributed by atoms with Gasteiger partial charge in [-0.15, -0.1) is 0 Å². The van der Waals surface area contributed by atoms with Crippen LogP contribution >= 0.6 is 0 Å². The second-order valence-corrected chi connectivity index (χ2v) is 10.1. The van der Waals surface area contributed by atoms with Gasteiger partial charge in [0.05, 0.1) is 32.0 Å². The molecule has 0 aliphatic heterocycles. The third kappa shape index (κ3) is 13.5. The Morgan fingerprint density at radius 2 is 1.08 bits per heavy atom. The first-order valence-corrected chi connectivity index (χ1v) is 14.4. The van der Waals surface area contributed by atoms with E-state index >= 15 is 0 Å². The lowest BCUT2D eigenvalue weighted by atomic mass is 9.99. The molecule has 3 atom stereocenters. The van der Waals surface area contributed by atoms with Crippen LogP contribution in [0.5, 0.6) is 0 Å². The molecule has 36 heavy (non-hydrogen) atoms. The number of hydrogen-bond donors (Lipinski definition) is 2. The van der Waals surface area contributed by atoms with Gasteiger partial charge < -0.3 is 20.3 Å². The maximum atomic E-state index is 9.85. The number of ether oxygens (including phenoxy) is 2. The van der Waals surface area contributed by atoms with Crippen molar-refractivity contribution in [2.45, 2.75) is 122 Å². The van der Waals surface area contributed by atoms with Crippen LogP contribution in [-0.2, 0) is 22.7 Å². The summed E-state index contributed by atoms with van der Waals surface area (Å²) in [4.78, 5) is 0. The Morgan fingerprint density at radius 1 is 0.639 bits per heavy atom. The molecule has 0 unspecified atom stereocenters. The van der Waals surface area contributed by atoms with E-state index in [0.29, 0.717) is 13.2 Å². The Morgan fingerprint density at radius 3 is 1.56 bits per heavy atom. The van der Waals surface area contributed by atoms with E-state index in [1.54, 1.807) is 0 Å². The summed E-state index contributed by atoms with van der Waals surface area (Å²) in [5.41, 5.74) is 8.57. The van der Waals surface area contributed by atoms with E-state index in [0.717, 1.165) is 24.0 Å². The molecule has 202 valence electrons. The fourth-order valence-electron chi connectivity index (χ4n) is 4.68. The Kier molecular flexibility index (Phi) is 17.2. The molecular formula is C32H51NO3. The summed E-state index contributed by atoms with van der Waals surface area (Å²) in [6.07, 6.45) is 16.3. The predicted molar refractivity (Wildman–Crippen MR) is 151 cm³/mol. The van der Waals surface area contributed by atoms with Gasteiger partial charge in [0.2, 0.25) is 0 Å². The van der Waals surface area contributed by atoms with Crippen molar-refractivity contribution in [3.63, 3.8) is 0 Å². The third-order valence-electron chi connectivity index (χ3n) is 6.93. The van der Waals surface area contributed by atoms with Crippen molar-refractivity contribution in [3.05, 3.63) is 71.8 Å². The van der Waals surface area contributed by atoms with Gasteiger partial charge in [-0.05, 0) is 17.5 Å². The summed E-state index contributed by atoms with van der Waals surface area (Å²) in [5.74, 6) is 0. The van der Waals surface area contributed by atoms with Crippen LogP contribution in [0.15, 0.2) is 60.7 Å². The first kappa shape index (κ1) is 30.5. The highest BCUT2D eigenvalue weighted by Gasteiger charge is 2.28. The molecule has 0 aliphatic rings. The number of hydrogen-bond acceptors (Lipinski definition) is 4. The van der Waals surface area contributed by atoms with E-state index < -0.39 is 6.04 Å². The largest absolute Gasteiger partial charge is 0.395 e. The van der Waals surface area contributed by atoms with Crippen molar-refractivity contribution in [2.75, 3.05) is 6.61 Å². The maximum absolute atomic E-state index is 9.85. The molecule has 2 aromatic rings. The Balaban J connectivity index is 1.79. The molecule has 0 radical (unpaired) electrons. The van der Waals surface area contributed by atoms with Crippen molar-refractivity contribution in [1.29, 1.82) is 0 Å². The number of aliphatic hydroxyl groups excluding tert-OH is 1. The van der Waals surface area contributed by atoms with Crippen LogP contribution in [0, 0.1) is 0 Å². The standard InChI is InChI=1S/C32H51NO3/c1-2-3-4-5-6-7-8-9-10-11-12-19-24-31(35-26-28-20-15-13-16-21-28)32(30(33)25-34)36-27-29-22-17-14-18-23-29/h13-18,20-23,30-32,34H,2-12,19,24-27,33H2,1H3/t30-,31+,32-/m0/s1. The third-order valence-corrected chi connectivity index (χ3v) is 6.93. The van der Waals surface area contributed by atoms with Crippen LogP contribution in [0.3, 0.4) is 0 Å². The molecule has 2 rings (SSSR count). The van der Waals surface area contributed by atoms with Crippen molar-refractivity contribution >= 4 is 0 Å². The summed E-state index contributed by atoms with van der Waals surface area (Å²) in [5, 5.41) is 9.85. The summed E-state index contributed by atoms with van der Waals surface area (Å²) >= 11 is 0. The zero-order valence-corrected chi connectivity index (χ0v) is 22.7. The van der Waals surface area contributed by atoms with Crippen molar-refractivity contribution < 1.29 is 14.6 Å². The number of aliphatic hydroxyl groups is 1. The molecule has 0 aromatic heterocycles. The minimum absolute atomic E-state index is 0.122. The molecular weight excluding hydrogens is 446 g/mol. The average Bonchev–Trinajstić information content (AvgIpc) is 2.92. The van der Waals surface area contributed by atoms with Crippen LogP contribution in [0.25, 0.3) is 0 Å². The minimum atomic E-state index is -0.480. The molecule has 0 fully saturated rings. The fraction of sp³-hybridized carbons (Fsp3) is 0.625. The SMILES string of the molecule is CCCCCCCCCCCCCC[C@@H](OCc1ccccc1)[C@@H](OCc1ccccc1)[C@@H](N)CO. The van der Waals surface area contributed by atoms with Gasteiger partial charge in [-0.2, -0.15) is 0 Å². The van der Waals surface area contributed by atoms with E-state index in [9.17, 15) is 5.11 Å². The van der Waals surface area contributed by atoms with E-state index in [1.165, 1.54) is 70.6 Å². The monoisotopic (exact) mass is 497 g/mol. The van der Waals surface area contributed by atoms with Crippen LogP contribution in [-0.4, -0.2) is 30.0 Å². The molecule has 0 saturated carbocycles. The van der Waals surface area contributed by atoms with Gasteiger partial charge in [0.25, 0.3) is 0 Å². The van der Waals surface area contributed by atoms with Gasteiger partial charge in [-0.3, -0.25) is 0 Å². The number of nitrogens with two attached hydrogens (primary N) is 1. The Labute approximate surface area is 220 Å². The maximum Gasteiger partial charge on any atom is 0.101 e. The molecule has 0 bridgehead atoms. The van der Waals surface area contributed by atoms with Gasteiger partial charge in [-0.25, -0.2) is 0 Å². The van der Waals surface area contributed by atoms with Crippen LogP contribution in [0.1, 0.15) is 102 Å². The average molecular weight is 498 g/mol.